The van der Waals surface area contributed by atoms with Crippen molar-refractivity contribution in [3.05, 3.63) is 12.2 Å². The van der Waals surface area contributed by atoms with E-state index in [2.05, 4.69) is 18.4 Å². The minimum Gasteiger partial charge on any atom is -0.327 e. The van der Waals surface area contributed by atoms with Crippen LogP contribution in [0.4, 0.5) is 0 Å². The second-order valence-electron chi connectivity index (χ2n) is 4.84. The van der Waals surface area contributed by atoms with Crippen molar-refractivity contribution in [2.24, 2.45) is 11.1 Å². The van der Waals surface area contributed by atoms with E-state index in [1.54, 1.807) is 0 Å². The summed E-state index contributed by atoms with van der Waals surface area (Å²) in [5.41, 5.74) is 7.98. The van der Waals surface area contributed by atoms with E-state index >= 15 is 0 Å². The van der Waals surface area contributed by atoms with E-state index < -0.39 is 0 Å². The van der Waals surface area contributed by atoms with Crippen molar-refractivity contribution in [1.29, 1.82) is 0 Å². The van der Waals surface area contributed by atoms with Gasteiger partial charge in [-0.15, -0.1) is 0 Å². The maximum absolute atomic E-state index is 6.24. The van der Waals surface area contributed by atoms with Gasteiger partial charge in [-0.3, -0.25) is 0 Å². The van der Waals surface area contributed by atoms with Gasteiger partial charge in [-0.05, 0) is 45.3 Å². The van der Waals surface area contributed by atoms with Crippen LogP contribution < -0.4 is 5.73 Å². The lowest BCUT2D eigenvalue weighted by atomic mass is 9.72. The number of rotatable bonds is 1. The molecule has 0 unspecified atom stereocenters. The molecule has 1 aliphatic carbocycles. The molecule has 2 N–H and O–H groups in total. The van der Waals surface area contributed by atoms with Crippen molar-refractivity contribution in [1.82, 2.24) is 4.90 Å². The van der Waals surface area contributed by atoms with E-state index in [0.717, 1.165) is 12.8 Å². The fourth-order valence-corrected chi connectivity index (χ4v) is 3.11. The first-order valence-electron chi connectivity index (χ1n) is 5.85. The summed E-state index contributed by atoms with van der Waals surface area (Å²) in [6.45, 7) is 10.1. The van der Waals surface area contributed by atoms with Gasteiger partial charge in [0, 0.05) is 11.5 Å². The molecule has 0 radical (unpaired) electrons. The first kappa shape index (κ1) is 10.2. The Labute approximate surface area is 87.2 Å². The summed E-state index contributed by atoms with van der Waals surface area (Å²) >= 11 is 0. The number of nitrogens with zero attached hydrogens (tertiary/aromatic N) is 1. The molecule has 14 heavy (non-hydrogen) atoms. The molecule has 1 aliphatic heterocycles. The molecule has 1 saturated carbocycles. The Bertz CT molecular complexity index is 226. The summed E-state index contributed by atoms with van der Waals surface area (Å²) in [5.74, 6) is 0. The maximum atomic E-state index is 6.24. The number of likely N-dealkylation sites (tertiary alicyclic amines) is 1. The third-order valence-corrected chi connectivity index (χ3v) is 4.37. The summed E-state index contributed by atoms with van der Waals surface area (Å²) in [4.78, 5) is 2.52. The Morgan fingerprint density at radius 3 is 2.57 bits per heavy atom. The van der Waals surface area contributed by atoms with Crippen LogP contribution in [-0.4, -0.2) is 30.6 Å². The van der Waals surface area contributed by atoms with Gasteiger partial charge in [0.15, 0.2) is 0 Å². The molecule has 1 spiro atoms. The first-order valence-corrected chi connectivity index (χ1v) is 5.85. The lowest BCUT2D eigenvalue weighted by molar-refractivity contribution is 0.127. The highest BCUT2D eigenvalue weighted by Gasteiger charge is 2.45. The summed E-state index contributed by atoms with van der Waals surface area (Å²) in [5, 5.41) is 0. The summed E-state index contributed by atoms with van der Waals surface area (Å²) in [6, 6.07) is 0.383. The summed E-state index contributed by atoms with van der Waals surface area (Å²) in [7, 11) is 0. The van der Waals surface area contributed by atoms with Crippen LogP contribution in [-0.2, 0) is 0 Å². The second-order valence-corrected chi connectivity index (χ2v) is 4.84. The van der Waals surface area contributed by atoms with Gasteiger partial charge in [0.25, 0.3) is 0 Å². The molecule has 80 valence electrons. The molecule has 0 bridgehead atoms. The Balaban J connectivity index is 2.07. The summed E-state index contributed by atoms with van der Waals surface area (Å²) < 4.78 is 0. The highest BCUT2D eigenvalue weighted by atomic mass is 15.1. The fraction of sp³-hybridized carbons (Fsp3) is 0.833. The monoisotopic (exact) mass is 194 g/mol. The Hall–Kier alpha value is -0.340. The van der Waals surface area contributed by atoms with Gasteiger partial charge in [-0.25, -0.2) is 0 Å². The predicted molar refractivity (Wildman–Crippen MR) is 60.1 cm³/mol. The molecule has 1 heterocycles. The number of piperidine rings is 1. The third-order valence-electron chi connectivity index (χ3n) is 4.37. The SMILES string of the molecule is C=C1CC[C@@H](N)C12CCN(CC)CC2. The molecule has 2 nitrogen and oxygen atoms in total. The molecular weight excluding hydrogens is 172 g/mol. The molecular formula is C12H22N2. The van der Waals surface area contributed by atoms with Gasteiger partial charge in [-0.1, -0.05) is 19.1 Å². The van der Waals surface area contributed by atoms with Crippen LogP contribution in [0.1, 0.15) is 32.6 Å². The predicted octanol–water partition coefficient (Wildman–Crippen LogP) is 1.77. The molecule has 2 fully saturated rings. The van der Waals surface area contributed by atoms with E-state index in [1.165, 1.54) is 38.0 Å². The molecule has 2 aliphatic rings. The van der Waals surface area contributed by atoms with E-state index in [0.29, 0.717) is 11.5 Å². The smallest absolute Gasteiger partial charge is 0.0137 e. The van der Waals surface area contributed by atoms with Crippen molar-refractivity contribution >= 4 is 0 Å². The Morgan fingerprint density at radius 2 is 2.14 bits per heavy atom. The van der Waals surface area contributed by atoms with Crippen molar-refractivity contribution < 1.29 is 0 Å². The molecule has 0 aromatic carbocycles. The zero-order chi connectivity index (χ0) is 10.2. The van der Waals surface area contributed by atoms with Gasteiger partial charge < -0.3 is 10.6 Å². The van der Waals surface area contributed by atoms with Crippen LogP contribution in [0.25, 0.3) is 0 Å². The quantitative estimate of drug-likeness (QED) is 0.645. The van der Waals surface area contributed by atoms with Crippen LogP contribution in [0, 0.1) is 5.41 Å². The number of hydrogen-bond donors (Lipinski definition) is 1. The van der Waals surface area contributed by atoms with Crippen molar-refractivity contribution in [3.63, 3.8) is 0 Å². The lowest BCUT2D eigenvalue weighted by Gasteiger charge is -2.42. The molecule has 2 heteroatoms. The van der Waals surface area contributed by atoms with E-state index in [9.17, 15) is 0 Å². The molecule has 0 aromatic heterocycles. The standard InChI is InChI=1S/C12H22N2/c1-3-14-8-6-12(7-9-14)10(2)4-5-11(12)13/h11H,2-9,13H2,1H3/t11-/m1/s1. The summed E-state index contributed by atoms with van der Waals surface area (Å²) in [6.07, 6.45) is 4.79. The highest BCUT2D eigenvalue weighted by molar-refractivity contribution is 5.21. The Kier molecular flexibility index (Phi) is 2.67. The van der Waals surface area contributed by atoms with E-state index in [1.807, 2.05) is 0 Å². The van der Waals surface area contributed by atoms with Crippen LogP contribution >= 0.6 is 0 Å². The topological polar surface area (TPSA) is 29.3 Å². The van der Waals surface area contributed by atoms with Crippen molar-refractivity contribution in [2.45, 2.75) is 38.6 Å². The number of nitrogens with two attached hydrogens (primary N) is 1. The second kappa shape index (κ2) is 3.67. The number of hydrogen-bond acceptors (Lipinski definition) is 2. The van der Waals surface area contributed by atoms with Crippen molar-refractivity contribution in [2.75, 3.05) is 19.6 Å². The van der Waals surface area contributed by atoms with E-state index in [4.69, 9.17) is 5.73 Å². The third kappa shape index (κ3) is 1.41. The highest BCUT2D eigenvalue weighted by Crippen LogP contribution is 2.48. The van der Waals surface area contributed by atoms with Crippen LogP contribution in [0.2, 0.25) is 0 Å². The largest absolute Gasteiger partial charge is 0.327 e. The van der Waals surface area contributed by atoms with E-state index in [-0.39, 0.29) is 0 Å². The molecule has 1 atom stereocenters. The Morgan fingerprint density at radius 1 is 1.50 bits per heavy atom. The van der Waals surface area contributed by atoms with Gasteiger partial charge in [0.05, 0.1) is 0 Å². The molecule has 2 rings (SSSR count). The van der Waals surface area contributed by atoms with Gasteiger partial charge in [0.1, 0.15) is 0 Å². The minimum absolute atomic E-state index is 0.311. The molecule has 1 saturated heterocycles. The zero-order valence-electron chi connectivity index (χ0n) is 9.26. The average molecular weight is 194 g/mol. The fourth-order valence-electron chi connectivity index (χ4n) is 3.11. The molecule has 0 amide bonds. The van der Waals surface area contributed by atoms with Crippen LogP contribution in [0.15, 0.2) is 12.2 Å². The zero-order valence-corrected chi connectivity index (χ0v) is 9.26. The lowest BCUT2D eigenvalue weighted by Crippen LogP contribution is -2.47. The first-order chi connectivity index (χ1) is 6.69. The van der Waals surface area contributed by atoms with Crippen molar-refractivity contribution in [3.8, 4) is 0 Å². The van der Waals surface area contributed by atoms with Crippen LogP contribution in [0.5, 0.6) is 0 Å². The van der Waals surface area contributed by atoms with Gasteiger partial charge >= 0.3 is 0 Å². The minimum atomic E-state index is 0.311. The van der Waals surface area contributed by atoms with Crippen LogP contribution in [0.3, 0.4) is 0 Å². The molecule has 0 aromatic rings. The van der Waals surface area contributed by atoms with Gasteiger partial charge in [0.2, 0.25) is 0 Å². The average Bonchev–Trinajstić information content (AvgIpc) is 2.49. The van der Waals surface area contributed by atoms with Gasteiger partial charge in [-0.2, -0.15) is 0 Å². The normalized spacial score (nSPS) is 32.7. The maximum Gasteiger partial charge on any atom is 0.0137 e.